The van der Waals surface area contributed by atoms with Crippen molar-refractivity contribution in [2.75, 3.05) is 140 Å². The summed E-state index contributed by atoms with van der Waals surface area (Å²) in [4.78, 5) is 147. The van der Waals surface area contributed by atoms with E-state index in [1.165, 1.54) is 53.4 Å². The van der Waals surface area contributed by atoms with Gasteiger partial charge in [0, 0.05) is 135 Å². The molecule has 4 saturated heterocycles. The van der Waals surface area contributed by atoms with Crippen LogP contribution >= 0.6 is 0 Å². The number of nitrogens with zero attached hydrogens (tertiary/aromatic N) is 8. The van der Waals surface area contributed by atoms with Gasteiger partial charge in [0.15, 0.2) is 34.6 Å². The van der Waals surface area contributed by atoms with Crippen molar-refractivity contribution in [3.63, 3.8) is 0 Å². The van der Waals surface area contributed by atoms with E-state index in [1.54, 1.807) is 48.5 Å². The van der Waals surface area contributed by atoms with Gasteiger partial charge in [0.2, 0.25) is 0 Å². The van der Waals surface area contributed by atoms with E-state index < -0.39 is 74.6 Å². The minimum atomic E-state index is -1.42. The zero-order chi connectivity index (χ0) is 84.2. The average Bonchev–Trinajstić information content (AvgIpc) is 1.63. The molecule has 2 N–H and O–H groups in total. The molecule has 0 saturated carbocycles. The highest BCUT2D eigenvalue weighted by molar-refractivity contribution is 6.77. The van der Waals surface area contributed by atoms with Crippen LogP contribution in [0.3, 0.4) is 0 Å². The molecule has 30 nitrogen and oxygen atoms in total. The molecule has 8 aliphatic rings. The fraction of sp³-hybridized carbons (Fsp3) is 0.585. The van der Waals surface area contributed by atoms with Gasteiger partial charge in [0.05, 0.1) is 111 Å². The molecule has 0 aliphatic carbocycles. The molecular formula is C82H116N8O22Si4. The third-order valence-corrected chi connectivity index (χ3v) is 28.6. The topological polar surface area (TPSA) is 329 Å². The molecule has 0 spiro atoms. The quantitative estimate of drug-likeness (QED) is 0.0325. The smallest absolute Gasteiger partial charge is 0.257 e. The summed E-state index contributed by atoms with van der Waals surface area (Å²) in [6.07, 6.45) is -0.498. The maximum Gasteiger partial charge on any atom is 0.257 e. The van der Waals surface area contributed by atoms with Crippen LogP contribution in [0.15, 0.2) is 48.5 Å². The number of ether oxygens (including phenoxy) is 10. The van der Waals surface area contributed by atoms with Gasteiger partial charge in [0.25, 0.3) is 47.3 Å². The van der Waals surface area contributed by atoms with Crippen molar-refractivity contribution >= 4 is 114 Å². The molecule has 4 aromatic rings. The molecule has 12 rings (SSSR count). The summed E-state index contributed by atoms with van der Waals surface area (Å²) in [5, 5.41) is 20.8. The van der Waals surface area contributed by atoms with Crippen LogP contribution in [-0.2, 0) is 47.7 Å². The first-order chi connectivity index (χ1) is 54.7. The van der Waals surface area contributed by atoms with E-state index >= 15 is 0 Å². The standard InChI is InChI=1S/C41H60N4O11Si2.C41H56N4O11Si2/c2*1-26-16-29-31(44(24-53-12-14-57(3,4)5)40(50)33-17-27(46)22-42(33)38(29)48)20-35(26)55-10-9-11-56-37-21-32-30(19-36(37)52-2)39(49)43-23-28(47)18-34(43)41(51)45(32)25-54-13-15-58(6,7)8/h16,19-21,27-28,33-34,46-47H,9-15,17-18,22-25H2,1-8H3;16,19-21,33-34H,9-15,17-18,22-25H2,1-8H3/t27-,28-,33+,34+;33-,34-/m10/s1. The molecule has 8 aliphatic heterocycles. The summed E-state index contributed by atoms with van der Waals surface area (Å²) >= 11 is 0. The number of fused-ring (bicyclic) bond motifs is 8. The summed E-state index contributed by atoms with van der Waals surface area (Å²) in [5.74, 6) is -0.976. The molecule has 34 heteroatoms. The van der Waals surface area contributed by atoms with Crippen molar-refractivity contribution < 1.29 is 106 Å². The second-order valence-corrected chi connectivity index (χ2v) is 58.5. The van der Waals surface area contributed by atoms with Crippen LogP contribution < -0.4 is 48.0 Å². The van der Waals surface area contributed by atoms with Gasteiger partial charge in [-0.25, -0.2) is 0 Å². The highest BCUT2D eigenvalue weighted by atomic mass is 28.3. The molecule has 0 bridgehead atoms. The van der Waals surface area contributed by atoms with Crippen molar-refractivity contribution in [1.82, 2.24) is 19.6 Å². The molecular weight excluding hydrogens is 1560 g/mol. The molecule has 4 aromatic carbocycles. The first-order valence-corrected chi connectivity index (χ1v) is 55.0. The van der Waals surface area contributed by atoms with Gasteiger partial charge in [-0.05, 0) is 73.4 Å². The van der Waals surface area contributed by atoms with E-state index in [0.717, 1.165) is 24.2 Å². The Morgan fingerprint density at radius 2 is 0.612 bits per heavy atom. The number of rotatable bonds is 34. The van der Waals surface area contributed by atoms with Crippen molar-refractivity contribution in [1.29, 1.82) is 0 Å². The Bertz CT molecular complexity index is 4410. The van der Waals surface area contributed by atoms with E-state index in [-0.39, 0.29) is 175 Å². The summed E-state index contributed by atoms with van der Waals surface area (Å²) < 4.78 is 60.2. The Kier molecular flexibility index (Phi) is 27.9. The molecule has 632 valence electrons. The first-order valence-electron chi connectivity index (χ1n) is 40.2. The highest BCUT2D eigenvalue weighted by Gasteiger charge is 2.51. The van der Waals surface area contributed by atoms with Crippen LogP contribution in [0.4, 0.5) is 22.7 Å². The van der Waals surface area contributed by atoms with E-state index in [2.05, 4.69) is 78.6 Å². The van der Waals surface area contributed by atoms with Crippen molar-refractivity contribution in [2.45, 2.75) is 191 Å². The largest absolute Gasteiger partial charge is 0.493 e. The van der Waals surface area contributed by atoms with E-state index in [4.69, 9.17) is 47.4 Å². The molecule has 116 heavy (non-hydrogen) atoms. The number of hydrogen-bond donors (Lipinski definition) is 2. The molecule has 0 unspecified atom stereocenters. The van der Waals surface area contributed by atoms with Gasteiger partial charge in [-0.3, -0.25) is 67.5 Å². The molecule has 8 amide bonds. The van der Waals surface area contributed by atoms with Gasteiger partial charge in [-0.1, -0.05) is 78.6 Å². The van der Waals surface area contributed by atoms with Crippen LogP contribution in [0.2, 0.25) is 103 Å². The number of Topliss-reactive ketones (excluding diaryl/α,β-unsaturated/α-hetero) is 2. The van der Waals surface area contributed by atoms with Gasteiger partial charge in [-0.2, -0.15) is 0 Å². The summed E-state index contributed by atoms with van der Waals surface area (Å²) in [7, 11) is -2.67. The lowest BCUT2D eigenvalue weighted by molar-refractivity contribution is -0.124. The Balaban J connectivity index is 0.000000228. The summed E-state index contributed by atoms with van der Waals surface area (Å²) in [5.41, 5.74) is 3.98. The van der Waals surface area contributed by atoms with E-state index in [9.17, 15) is 58.2 Å². The van der Waals surface area contributed by atoms with Crippen molar-refractivity contribution in [2.24, 2.45) is 0 Å². The third-order valence-electron chi connectivity index (χ3n) is 21.8. The number of anilines is 4. The van der Waals surface area contributed by atoms with Gasteiger partial charge >= 0.3 is 0 Å². The minimum Gasteiger partial charge on any atom is -0.493 e. The average molecular weight is 1680 g/mol. The second-order valence-electron chi connectivity index (χ2n) is 36.0. The number of ketones is 2. The van der Waals surface area contributed by atoms with E-state index in [0.29, 0.717) is 113 Å². The van der Waals surface area contributed by atoms with Gasteiger partial charge in [-0.15, -0.1) is 0 Å². The zero-order valence-electron chi connectivity index (χ0n) is 70.1. The number of carbonyl (C=O) groups is 10. The number of aryl methyl sites for hydroxylation is 2. The fourth-order valence-electron chi connectivity index (χ4n) is 15.0. The monoisotopic (exact) mass is 1680 g/mol. The minimum absolute atomic E-state index is 0.0250. The number of carbonyl (C=O) groups excluding carboxylic acids is 10. The van der Waals surface area contributed by atoms with Gasteiger partial charge < -0.3 is 77.2 Å². The molecule has 6 atom stereocenters. The van der Waals surface area contributed by atoms with Gasteiger partial charge in [0.1, 0.15) is 62.6 Å². The predicted octanol–water partition coefficient (Wildman–Crippen LogP) is 9.06. The Morgan fingerprint density at radius 1 is 0.345 bits per heavy atom. The maximum atomic E-state index is 13.9. The number of benzene rings is 4. The number of amides is 8. The molecule has 8 heterocycles. The summed E-state index contributed by atoms with van der Waals surface area (Å²) in [6.45, 7) is 33.0. The van der Waals surface area contributed by atoms with Crippen molar-refractivity contribution in [3.05, 3.63) is 81.9 Å². The lowest BCUT2D eigenvalue weighted by Gasteiger charge is -2.26. The second kappa shape index (κ2) is 36.7. The van der Waals surface area contributed by atoms with E-state index in [1.807, 2.05) is 13.8 Å². The number of aliphatic hydroxyl groups is 2. The molecule has 0 aromatic heterocycles. The van der Waals surface area contributed by atoms with Crippen LogP contribution in [-0.4, -0.2) is 277 Å². The lowest BCUT2D eigenvalue weighted by atomic mass is 10.1. The van der Waals surface area contributed by atoms with Crippen LogP contribution in [0.25, 0.3) is 0 Å². The highest BCUT2D eigenvalue weighted by Crippen LogP contribution is 2.44. The predicted molar refractivity (Wildman–Crippen MR) is 445 cm³/mol. The number of hydrogen-bond acceptors (Lipinski definition) is 22. The Hall–Kier alpha value is -8.59. The van der Waals surface area contributed by atoms with Crippen LogP contribution in [0, 0.1) is 13.8 Å². The SMILES string of the molecule is COc1cc2c(cc1OCCCOc1cc3c(cc1C)C(=O)N1CC(=O)C[C@H]1C(=O)N3COCC[Si](C)(C)C)N(COCC[Si](C)(C)C)C(=O)[C@@H]1CC(=O)CN1C2=O.COc1cc2c(cc1OCCCOc1cc3c(cc1C)C(=O)N1C[C@H](O)C[C@H]1C(=O)N3COCC[Si](C)(C)C)N(COCC[Si](C)(C)C)C(=O)[C@@H]1C[C@@H](O)CN1C2=O. The fourth-order valence-corrected chi connectivity index (χ4v) is 18.0. The third kappa shape index (κ3) is 20.7. The lowest BCUT2D eigenvalue weighted by Crippen LogP contribution is -2.45. The van der Waals surface area contributed by atoms with Crippen LogP contribution in [0.1, 0.15) is 91.1 Å². The zero-order valence-corrected chi connectivity index (χ0v) is 74.1. The number of aliphatic hydroxyl groups excluding tert-OH is 2. The number of methoxy groups -OCH3 is 2. The summed E-state index contributed by atoms with van der Waals surface area (Å²) in [6, 6.07) is 13.4. The Morgan fingerprint density at radius 3 is 0.905 bits per heavy atom. The Labute approximate surface area is 683 Å². The van der Waals surface area contributed by atoms with Crippen LogP contribution in [0.5, 0.6) is 34.5 Å². The molecule has 0 radical (unpaired) electrons. The maximum absolute atomic E-state index is 13.9. The normalized spacial score (nSPS) is 20.8. The molecule has 4 fully saturated rings. The van der Waals surface area contributed by atoms with Crippen molar-refractivity contribution in [3.8, 4) is 34.5 Å². The first kappa shape index (κ1) is 88.2.